The van der Waals surface area contributed by atoms with Gasteiger partial charge in [-0.3, -0.25) is 4.79 Å². The third-order valence-corrected chi connectivity index (χ3v) is 3.33. The minimum absolute atomic E-state index is 0.0940. The quantitative estimate of drug-likeness (QED) is 0.257. The molecule has 1 unspecified atom stereocenters. The fourth-order valence-corrected chi connectivity index (χ4v) is 2.46. The summed E-state index contributed by atoms with van der Waals surface area (Å²) in [5, 5.41) is 6.76. The molecule has 0 aliphatic heterocycles. The SMILES string of the molecule is CCCOCC(COCC)NC(=O)C(C)(C)CC(C)(C)N=[N+]=[N-]. The molecule has 0 aromatic rings. The molecule has 0 rings (SSSR count). The van der Waals surface area contributed by atoms with Crippen molar-refractivity contribution in [1.29, 1.82) is 0 Å². The summed E-state index contributed by atoms with van der Waals surface area (Å²) in [7, 11) is 0. The topological polar surface area (TPSA) is 96.3 Å². The van der Waals surface area contributed by atoms with Crippen molar-refractivity contribution in [2.45, 2.75) is 66.0 Å². The number of carbonyl (C=O) groups is 1. The van der Waals surface area contributed by atoms with Crippen LogP contribution in [0.2, 0.25) is 0 Å². The lowest BCUT2D eigenvalue weighted by Gasteiger charge is -2.32. The van der Waals surface area contributed by atoms with E-state index in [2.05, 4.69) is 15.3 Å². The maximum absolute atomic E-state index is 12.6. The van der Waals surface area contributed by atoms with E-state index in [-0.39, 0.29) is 11.9 Å². The van der Waals surface area contributed by atoms with Crippen molar-refractivity contribution in [3.8, 4) is 0 Å². The van der Waals surface area contributed by atoms with Crippen LogP contribution in [0.25, 0.3) is 10.4 Å². The molecule has 0 aromatic heterocycles. The third kappa shape index (κ3) is 9.43. The van der Waals surface area contributed by atoms with E-state index in [1.54, 1.807) is 0 Å². The number of rotatable bonds is 12. The lowest BCUT2D eigenvalue weighted by molar-refractivity contribution is -0.132. The summed E-state index contributed by atoms with van der Waals surface area (Å²) in [5.74, 6) is -0.0940. The number of carbonyl (C=O) groups excluding carboxylic acids is 1. The van der Waals surface area contributed by atoms with Crippen molar-refractivity contribution < 1.29 is 14.3 Å². The van der Waals surface area contributed by atoms with Gasteiger partial charge >= 0.3 is 0 Å². The molecule has 0 saturated heterocycles. The van der Waals surface area contributed by atoms with Gasteiger partial charge in [0.05, 0.1) is 19.3 Å². The molecule has 0 radical (unpaired) electrons. The molecule has 7 heteroatoms. The fraction of sp³-hybridized carbons (Fsp3) is 0.938. The van der Waals surface area contributed by atoms with Crippen LogP contribution < -0.4 is 5.32 Å². The van der Waals surface area contributed by atoms with Crippen molar-refractivity contribution >= 4 is 5.91 Å². The molecule has 23 heavy (non-hydrogen) atoms. The summed E-state index contributed by atoms with van der Waals surface area (Å²) in [6.07, 6.45) is 1.38. The van der Waals surface area contributed by atoms with Crippen molar-refractivity contribution in [3.63, 3.8) is 0 Å². The highest BCUT2D eigenvalue weighted by molar-refractivity contribution is 5.82. The van der Waals surface area contributed by atoms with E-state index >= 15 is 0 Å². The molecule has 1 amide bonds. The normalized spacial score (nSPS) is 13.3. The predicted octanol–water partition coefficient (Wildman–Crippen LogP) is 3.44. The van der Waals surface area contributed by atoms with Crippen molar-refractivity contribution in [1.82, 2.24) is 5.32 Å². The Kier molecular flexibility index (Phi) is 9.88. The molecule has 0 spiro atoms. The van der Waals surface area contributed by atoms with Crippen LogP contribution in [0.1, 0.15) is 54.4 Å². The monoisotopic (exact) mass is 328 g/mol. The Morgan fingerprint density at radius 3 is 2.35 bits per heavy atom. The van der Waals surface area contributed by atoms with Crippen LogP contribution in [-0.4, -0.2) is 43.9 Å². The number of amides is 1. The molecule has 1 N–H and O–H groups in total. The van der Waals surface area contributed by atoms with E-state index < -0.39 is 11.0 Å². The number of hydrogen-bond donors (Lipinski definition) is 1. The molecular weight excluding hydrogens is 296 g/mol. The number of ether oxygens (including phenoxy) is 2. The highest BCUT2D eigenvalue weighted by Gasteiger charge is 2.35. The summed E-state index contributed by atoms with van der Waals surface area (Å²) in [5.41, 5.74) is 7.34. The lowest BCUT2D eigenvalue weighted by atomic mass is 9.79. The second kappa shape index (κ2) is 10.5. The first-order valence-electron chi connectivity index (χ1n) is 8.21. The van der Waals surface area contributed by atoms with Crippen LogP contribution in [0.15, 0.2) is 5.11 Å². The van der Waals surface area contributed by atoms with Crippen molar-refractivity contribution in [3.05, 3.63) is 10.4 Å². The maximum atomic E-state index is 12.6. The van der Waals surface area contributed by atoms with Crippen LogP contribution in [0.3, 0.4) is 0 Å². The van der Waals surface area contributed by atoms with Crippen molar-refractivity contribution in [2.75, 3.05) is 26.4 Å². The number of nitrogens with zero attached hydrogens (tertiary/aromatic N) is 3. The van der Waals surface area contributed by atoms with Gasteiger partial charge < -0.3 is 14.8 Å². The second-order valence-corrected chi connectivity index (χ2v) is 6.97. The average molecular weight is 328 g/mol. The largest absolute Gasteiger partial charge is 0.380 e. The van der Waals surface area contributed by atoms with E-state index in [9.17, 15) is 4.79 Å². The first kappa shape index (κ1) is 21.7. The van der Waals surface area contributed by atoms with Gasteiger partial charge in [0.1, 0.15) is 0 Å². The van der Waals surface area contributed by atoms with Crippen LogP contribution in [0.5, 0.6) is 0 Å². The summed E-state index contributed by atoms with van der Waals surface area (Å²) in [6, 6.07) is -0.184. The Morgan fingerprint density at radius 1 is 1.22 bits per heavy atom. The second-order valence-electron chi connectivity index (χ2n) is 6.97. The van der Waals surface area contributed by atoms with Gasteiger partial charge in [-0.1, -0.05) is 39.7 Å². The highest BCUT2D eigenvalue weighted by Crippen LogP contribution is 2.30. The summed E-state index contributed by atoms with van der Waals surface area (Å²) < 4.78 is 11.0. The Bertz CT molecular complexity index is 404. The molecule has 134 valence electrons. The Labute approximate surface area is 139 Å². The first-order chi connectivity index (χ1) is 10.7. The van der Waals surface area contributed by atoms with Gasteiger partial charge in [0.15, 0.2) is 0 Å². The van der Waals surface area contributed by atoms with Gasteiger partial charge in [0.25, 0.3) is 0 Å². The van der Waals surface area contributed by atoms with Gasteiger partial charge in [-0.25, -0.2) is 0 Å². The zero-order valence-electron chi connectivity index (χ0n) is 15.4. The van der Waals surface area contributed by atoms with Crippen LogP contribution >= 0.6 is 0 Å². The molecular formula is C16H32N4O3. The molecule has 0 aliphatic rings. The van der Waals surface area contributed by atoms with E-state index in [4.69, 9.17) is 15.0 Å². The summed E-state index contributed by atoms with van der Waals surface area (Å²) in [6.45, 7) is 13.4. The molecule has 0 bridgehead atoms. The Balaban J connectivity index is 4.75. The summed E-state index contributed by atoms with van der Waals surface area (Å²) >= 11 is 0. The standard InChI is InChI=1S/C16H32N4O3/c1-7-9-23-11-13(10-22-8-2)18-14(21)15(3,4)12-16(5,6)19-20-17/h13H,7-12H2,1-6H3,(H,18,21). The van der Waals surface area contributed by atoms with Crippen LogP contribution in [0.4, 0.5) is 0 Å². The minimum atomic E-state index is -0.660. The van der Waals surface area contributed by atoms with E-state index in [0.29, 0.717) is 32.8 Å². The molecule has 0 fully saturated rings. The Hall–Kier alpha value is -1.30. The molecule has 0 heterocycles. The molecule has 0 aliphatic carbocycles. The molecule has 7 nitrogen and oxygen atoms in total. The maximum Gasteiger partial charge on any atom is 0.226 e. The predicted molar refractivity (Wildman–Crippen MR) is 91.2 cm³/mol. The lowest BCUT2D eigenvalue weighted by Crippen LogP contribution is -2.48. The summed E-state index contributed by atoms with van der Waals surface area (Å²) in [4.78, 5) is 15.5. The number of azide groups is 1. The zero-order chi connectivity index (χ0) is 17.9. The van der Waals surface area contributed by atoms with E-state index in [1.807, 2.05) is 41.5 Å². The molecule has 0 aromatic carbocycles. The highest BCUT2D eigenvalue weighted by atomic mass is 16.5. The smallest absolute Gasteiger partial charge is 0.226 e. The van der Waals surface area contributed by atoms with Gasteiger partial charge in [0, 0.05) is 29.1 Å². The third-order valence-electron chi connectivity index (χ3n) is 3.33. The molecule has 0 saturated carbocycles. The van der Waals surface area contributed by atoms with Gasteiger partial charge in [-0.2, -0.15) is 0 Å². The number of hydrogen-bond acceptors (Lipinski definition) is 4. The zero-order valence-corrected chi connectivity index (χ0v) is 15.4. The van der Waals surface area contributed by atoms with Crippen LogP contribution in [-0.2, 0) is 14.3 Å². The Morgan fingerprint density at radius 2 is 1.83 bits per heavy atom. The average Bonchev–Trinajstić information content (AvgIpc) is 2.43. The van der Waals surface area contributed by atoms with Crippen molar-refractivity contribution in [2.24, 2.45) is 10.5 Å². The minimum Gasteiger partial charge on any atom is -0.380 e. The first-order valence-corrected chi connectivity index (χ1v) is 8.21. The fourth-order valence-electron chi connectivity index (χ4n) is 2.46. The molecule has 1 atom stereocenters. The van der Waals surface area contributed by atoms with Gasteiger partial charge in [0.2, 0.25) is 5.91 Å². The van der Waals surface area contributed by atoms with Gasteiger partial charge in [-0.05, 0) is 25.3 Å². The number of nitrogens with one attached hydrogen (secondary N) is 1. The van der Waals surface area contributed by atoms with E-state index in [1.165, 1.54) is 0 Å². The van der Waals surface area contributed by atoms with Crippen LogP contribution in [0, 0.1) is 5.41 Å². The van der Waals surface area contributed by atoms with Gasteiger partial charge in [-0.15, -0.1) is 0 Å². The van der Waals surface area contributed by atoms with E-state index in [0.717, 1.165) is 6.42 Å².